The van der Waals surface area contributed by atoms with Crippen molar-refractivity contribution in [2.45, 2.75) is 6.42 Å². The maximum atomic E-state index is 13.3. The van der Waals surface area contributed by atoms with Gasteiger partial charge in [-0.15, -0.1) is 0 Å². The van der Waals surface area contributed by atoms with Gasteiger partial charge in [-0.25, -0.2) is 13.8 Å². The summed E-state index contributed by atoms with van der Waals surface area (Å²) < 4.78 is 18.3. The first-order valence-corrected chi connectivity index (χ1v) is 8.25. The maximum absolute atomic E-state index is 13.3. The van der Waals surface area contributed by atoms with Crippen molar-refractivity contribution >= 4 is 45.0 Å². The van der Waals surface area contributed by atoms with Crippen LogP contribution < -0.4 is 21.4 Å². The number of oxime groups is 1. The summed E-state index contributed by atoms with van der Waals surface area (Å²) >= 11 is 3.07. The molecule has 27 heavy (non-hydrogen) atoms. The highest BCUT2D eigenvalue weighted by atomic mass is 79.9. The Morgan fingerprint density at radius 1 is 1.44 bits per heavy atom. The van der Waals surface area contributed by atoms with E-state index >= 15 is 0 Å². The van der Waals surface area contributed by atoms with Crippen molar-refractivity contribution in [1.29, 1.82) is 0 Å². The molecule has 0 fully saturated rings. The lowest BCUT2D eigenvalue weighted by molar-refractivity contribution is 0.305. The van der Waals surface area contributed by atoms with Crippen molar-refractivity contribution in [2.75, 3.05) is 17.2 Å². The predicted octanol–water partition coefficient (Wildman–Crippen LogP) is 1.20. The largest absolute Gasteiger partial charge is 0.409 e. The summed E-state index contributed by atoms with van der Waals surface area (Å²) in [6.45, 7) is 0.363. The Morgan fingerprint density at radius 2 is 2.30 bits per heavy atom. The number of rotatable bonds is 6. The molecule has 0 atom stereocenters. The van der Waals surface area contributed by atoms with Gasteiger partial charge in [0.1, 0.15) is 11.7 Å². The number of hydrogen-bond donors (Lipinski definition) is 5. The minimum absolute atomic E-state index is 0.0542. The van der Waals surface area contributed by atoms with E-state index in [1.165, 1.54) is 18.2 Å². The van der Waals surface area contributed by atoms with Gasteiger partial charge in [0.25, 0.3) is 0 Å². The third kappa shape index (κ3) is 4.40. The molecular formula is C14H12BrFN8O3. The summed E-state index contributed by atoms with van der Waals surface area (Å²) in [5, 5.41) is 32.2. The maximum Gasteiger partial charge on any atom is 0.212 e. The van der Waals surface area contributed by atoms with Crippen molar-refractivity contribution in [3.05, 3.63) is 40.0 Å². The highest BCUT2D eigenvalue weighted by Gasteiger charge is 2.18. The molecule has 0 spiro atoms. The predicted molar refractivity (Wildman–Crippen MR) is 96.4 cm³/mol. The lowest BCUT2D eigenvalue weighted by atomic mass is 10.3. The number of anilines is 2. The van der Waals surface area contributed by atoms with Crippen LogP contribution in [0.15, 0.2) is 43.4 Å². The van der Waals surface area contributed by atoms with Crippen molar-refractivity contribution < 1.29 is 19.0 Å². The van der Waals surface area contributed by atoms with Crippen LogP contribution in [0.2, 0.25) is 0 Å². The van der Waals surface area contributed by atoms with E-state index in [-0.39, 0.29) is 27.6 Å². The van der Waals surface area contributed by atoms with Crippen molar-refractivity contribution in [3.8, 4) is 0 Å². The number of amidine groups is 2. The van der Waals surface area contributed by atoms with Crippen LogP contribution in [0.25, 0.3) is 0 Å². The summed E-state index contributed by atoms with van der Waals surface area (Å²) in [6.07, 6.45) is 0.425. The highest BCUT2D eigenvalue weighted by Crippen LogP contribution is 2.21. The van der Waals surface area contributed by atoms with Gasteiger partial charge >= 0.3 is 0 Å². The normalized spacial score (nSPS) is 13.5. The molecule has 140 valence electrons. The molecule has 0 bridgehead atoms. The van der Waals surface area contributed by atoms with E-state index in [9.17, 15) is 14.4 Å². The van der Waals surface area contributed by atoms with E-state index in [1.54, 1.807) is 5.94 Å². The smallest absolute Gasteiger partial charge is 0.212 e. The zero-order chi connectivity index (χ0) is 19.2. The molecule has 0 unspecified atom stereocenters. The monoisotopic (exact) mass is 438 g/mol. The van der Waals surface area contributed by atoms with Crippen LogP contribution in [0.5, 0.6) is 0 Å². The molecule has 0 saturated carbocycles. The Kier molecular flexibility index (Phi) is 5.64. The Morgan fingerprint density at radius 3 is 3.00 bits per heavy atom. The summed E-state index contributed by atoms with van der Waals surface area (Å²) in [4.78, 5) is 10.5. The van der Waals surface area contributed by atoms with Gasteiger partial charge in [-0.1, -0.05) is 5.16 Å². The van der Waals surface area contributed by atoms with E-state index in [0.29, 0.717) is 24.5 Å². The molecule has 2 aromatic rings. The van der Waals surface area contributed by atoms with Gasteiger partial charge in [0, 0.05) is 18.7 Å². The van der Waals surface area contributed by atoms with Crippen LogP contribution in [-0.4, -0.2) is 39.7 Å². The average molecular weight is 439 g/mol. The zero-order valence-electron chi connectivity index (χ0n) is 13.5. The van der Waals surface area contributed by atoms with Crippen molar-refractivity contribution in [2.24, 2.45) is 10.3 Å². The quantitative estimate of drug-likeness (QED) is 0.147. The second-order valence-corrected chi connectivity index (χ2v) is 5.97. The lowest BCUT2D eigenvalue weighted by Crippen LogP contribution is -2.22. The fourth-order valence-corrected chi connectivity index (χ4v) is 2.47. The topological polar surface area (TPSA) is 149 Å². The van der Waals surface area contributed by atoms with E-state index < -0.39 is 5.82 Å². The Hall–Kier alpha value is -3.44. The average Bonchev–Trinajstić information content (AvgIpc) is 3.32. The molecule has 13 heteroatoms. The van der Waals surface area contributed by atoms with Crippen LogP contribution in [0, 0.1) is 5.82 Å². The molecule has 0 aliphatic carbocycles. The molecule has 1 aliphatic heterocycles. The third-order valence-electron chi connectivity index (χ3n) is 3.32. The molecule has 5 N–H and O–H groups in total. The first-order valence-electron chi connectivity index (χ1n) is 7.46. The number of aromatic nitrogens is 2. The van der Waals surface area contributed by atoms with E-state index in [2.05, 4.69) is 62.5 Å². The summed E-state index contributed by atoms with van der Waals surface area (Å²) in [5.74, 6) is 2.05. The fraction of sp³-hybridized carbons (Fsp3) is 0.143. The highest BCUT2D eigenvalue weighted by molar-refractivity contribution is 9.10. The van der Waals surface area contributed by atoms with Gasteiger partial charge in [0.05, 0.1) is 4.47 Å². The van der Waals surface area contributed by atoms with E-state index in [4.69, 9.17) is 0 Å². The Balaban J connectivity index is 1.64. The third-order valence-corrected chi connectivity index (χ3v) is 3.93. The molecule has 0 amide bonds. The first-order chi connectivity index (χ1) is 13.1. The molecule has 1 aromatic heterocycles. The standard InChI is InChI=1S/C14H12BrFN8O3/c15-8-5-7(1-2-9(8)16)18-14(22-26)12-13(24-27-23-12)17-4-3-10-19-11(6-25)21-20-10/h1-2,5,21,26H,3-4H2,(H,17,24)(H,18,22)(H,19,20). The second kappa shape index (κ2) is 8.29. The fourth-order valence-electron chi connectivity index (χ4n) is 2.09. The minimum Gasteiger partial charge on any atom is -0.409 e. The lowest BCUT2D eigenvalue weighted by Gasteiger charge is -2.08. The minimum atomic E-state index is -0.431. The Labute approximate surface area is 159 Å². The molecule has 2 heterocycles. The molecule has 0 radical (unpaired) electrons. The van der Waals surface area contributed by atoms with Crippen molar-refractivity contribution in [1.82, 2.24) is 21.1 Å². The van der Waals surface area contributed by atoms with Crippen molar-refractivity contribution in [3.63, 3.8) is 0 Å². The van der Waals surface area contributed by atoms with Gasteiger partial charge in [0.2, 0.25) is 17.5 Å². The number of halogens is 2. The van der Waals surface area contributed by atoms with Gasteiger partial charge < -0.3 is 21.2 Å². The molecule has 1 aliphatic rings. The number of hydrazone groups is 1. The van der Waals surface area contributed by atoms with E-state index in [0.717, 1.165) is 0 Å². The first kappa shape index (κ1) is 18.4. The molecule has 11 nitrogen and oxygen atoms in total. The molecule has 0 saturated heterocycles. The summed E-state index contributed by atoms with van der Waals surface area (Å²) in [5.41, 5.74) is 3.05. The summed E-state index contributed by atoms with van der Waals surface area (Å²) in [7, 11) is 0. The zero-order valence-corrected chi connectivity index (χ0v) is 15.0. The number of nitrogens with one attached hydrogen (secondary N) is 4. The summed E-state index contributed by atoms with van der Waals surface area (Å²) in [6, 6.07) is 4.17. The number of benzene rings is 1. The van der Waals surface area contributed by atoms with Crippen LogP contribution in [0.1, 0.15) is 12.1 Å². The number of carbonyl (C=O) groups excluding carboxylic acids is 1. The number of hydrogen-bond acceptors (Lipinski definition) is 10. The SMILES string of the molecule is O=C=C1NN=C(CCNc2nonc2C(=NO)Nc2ccc(F)c(Br)c2)N1. The Bertz CT molecular complexity index is 954. The molecular weight excluding hydrogens is 427 g/mol. The van der Waals surface area contributed by atoms with Gasteiger partial charge in [-0.3, -0.25) is 5.43 Å². The van der Waals surface area contributed by atoms with Gasteiger partial charge in [-0.2, -0.15) is 5.10 Å². The van der Waals surface area contributed by atoms with Crippen LogP contribution in [0.3, 0.4) is 0 Å². The second-order valence-electron chi connectivity index (χ2n) is 5.11. The van der Waals surface area contributed by atoms with Crippen LogP contribution >= 0.6 is 15.9 Å². The number of nitrogens with zero attached hydrogens (tertiary/aromatic N) is 4. The van der Waals surface area contributed by atoms with Crippen LogP contribution in [-0.2, 0) is 4.79 Å². The molecule has 1 aromatic carbocycles. The van der Waals surface area contributed by atoms with Gasteiger partial charge in [-0.05, 0) is 44.4 Å². The van der Waals surface area contributed by atoms with Crippen LogP contribution in [0.4, 0.5) is 15.9 Å². The van der Waals surface area contributed by atoms with Gasteiger partial charge in [0.15, 0.2) is 11.6 Å². The molecule has 3 rings (SSSR count). The van der Waals surface area contributed by atoms with E-state index in [1.807, 2.05) is 0 Å².